The summed E-state index contributed by atoms with van der Waals surface area (Å²) in [6.45, 7) is -0.827. The fourth-order valence-corrected chi connectivity index (χ4v) is 3.25. The fourth-order valence-electron chi connectivity index (χ4n) is 2.99. The maximum absolute atomic E-state index is 13.0. The number of amides is 3. The molecule has 3 amide bonds. The number of rotatable bonds is 13. The van der Waals surface area contributed by atoms with Gasteiger partial charge in [0, 0.05) is 24.1 Å². The highest BCUT2D eigenvalue weighted by Gasteiger charge is 2.30. The number of nitrogens with zero attached hydrogens (tertiary/aromatic N) is 1. The molecule has 12 nitrogen and oxygen atoms in total. The fraction of sp³-hybridized carbons (Fsp3) is 0.381. The molecule has 0 spiro atoms. The van der Waals surface area contributed by atoms with E-state index in [1.54, 1.807) is 0 Å². The first-order valence-electron chi connectivity index (χ1n) is 10.4. The molecule has 0 aliphatic rings. The average molecular weight is 493 g/mol. The van der Waals surface area contributed by atoms with E-state index in [2.05, 4.69) is 38.5 Å². The lowest BCUT2D eigenvalue weighted by Gasteiger charge is -2.24. The second-order valence-corrected chi connectivity index (χ2v) is 7.83. The number of carboxylic acids is 1. The number of hydrogen-bond acceptors (Lipinski definition) is 8. The summed E-state index contributed by atoms with van der Waals surface area (Å²) in [5.41, 5.74) is 7.43. The molecule has 1 aromatic heterocycles. The van der Waals surface area contributed by atoms with Crippen molar-refractivity contribution in [3.63, 3.8) is 0 Å². The number of carbonyl (C=O) groups is 4. The van der Waals surface area contributed by atoms with E-state index in [-0.39, 0.29) is 18.6 Å². The van der Waals surface area contributed by atoms with Crippen LogP contribution in [-0.2, 0) is 32.0 Å². The Balaban J connectivity index is 2.09. The molecule has 4 unspecified atom stereocenters. The molecule has 0 aliphatic carbocycles. The minimum atomic E-state index is -1.54. The van der Waals surface area contributed by atoms with Gasteiger partial charge in [0.15, 0.2) is 0 Å². The second-order valence-electron chi connectivity index (χ2n) is 7.46. The van der Waals surface area contributed by atoms with Crippen molar-refractivity contribution in [3.05, 3.63) is 54.1 Å². The molecule has 34 heavy (non-hydrogen) atoms. The van der Waals surface area contributed by atoms with Crippen molar-refractivity contribution in [2.45, 2.75) is 37.0 Å². The van der Waals surface area contributed by atoms with Crippen molar-refractivity contribution in [2.24, 2.45) is 5.73 Å². The van der Waals surface area contributed by atoms with Crippen molar-refractivity contribution in [2.75, 3.05) is 12.4 Å². The van der Waals surface area contributed by atoms with E-state index >= 15 is 0 Å². The van der Waals surface area contributed by atoms with Gasteiger partial charge in [0.2, 0.25) is 17.7 Å². The van der Waals surface area contributed by atoms with Gasteiger partial charge in [-0.1, -0.05) is 30.3 Å². The Bertz CT molecular complexity index is 958. The van der Waals surface area contributed by atoms with Crippen LogP contribution in [0.15, 0.2) is 42.9 Å². The van der Waals surface area contributed by atoms with Crippen molar-refractivity contribution < 1.29 is 29.4 Å². The molecule has 184 valence electrons. The highest BCUT2D eigenvalue weighted by Crippen LogP contribution is 2.05. The highest BCUT2D eigenvalue weighted by molar-refractivity contribution is 7.80. The lowest BCUT2D eigenvalue weighted by Crippen LogP contribution is -2.58. The molecular formula is C21H28N6O6S. The Morgan fingerprint density at radius 1 is 0.971 bits per heavy atom. The van der Waals surface area contributed by atoms with Gasteiger partial charge in [-0.2, -0.15) is 12.6 Å². The number of benzene rings is 1. The number of H-pyrrole nitrogens is 1. The molecule has 2 rings (SSSR count). The summed E-state index contributed by atoms with van der Waals surface area (Å²) < 4.78 is 0. The van der Waals surface area contributed by atoms with Crippen LogP contribution in [0, 0.1) is 0 Å². The van der Waals surface area contributed by atoms with Crippen LogP contribution in [0.2, 0.25) is 0 Å². The number of hydrogen-bond donors (Lipinski definition) is 8. The van der Waals surface area contributed by atoms with Gasteiger partial charge in [0.05, 0.1) is 19.0 Å². The Morgan fingerprint density at radius 2 is 1.59 bits per heavy atom. The number of imidazole rings is 1. The van der Waals surface area contributed by atoms with Gasteiger partial charge in [-0.15, -0.1) is 0 Å². The van der Waals surface area contributed by atoms with Crippen molar-refractivity contribution in [1.29, 1.82) is 0 Å². The largest absolute Gasteiger partial charge is 0.480 e. The summed E-state index contributed by atoms with van der Waals surface area (Å²) in [4.78, 5) is 55.8. The molecule has 0 fully saturated rings. The molecule has 0 aliphatic heterocycles. The van der Waals surface area contributed by atoms with E-state index in [0.717, 1.165) is 5.56 Å². The van der Waals surface area contributed by atoms with E-state index in [9.17, 15) is 19.2 Å². The standard InChI is InChI=1S/C21H28N6O6S/c22-14(6-12-4-2-1-3-5-12)18(29)25-15(7-13-8-23-11-24-13)19(30)27-17(10-34)20(31)26-16(9-28)21(32)33/h1-5,8,11,14-17,28,34H,6-7,9-10,22H2,(H,23,24)(H,25,29)(H,26,31)(H,27,30)(H,32,33). The number of thiol groups is 1. The third-order valence-electron chi connectivity index (χ3n) is 4.86. The Morgan fingerprint density at radius 3 is 2.15 bits per heavy atom. The van der Waals surface area contributed by atoms with Gasteiger partial charge >= 0.3 is 5.97 Å². The molecule has 13 heteroatoms. The molecule has 0 saturated carbocycles. The maximum atomic E-state index is 13.0. The monoisotopic (exact) mass is 492 g/mol. The lowest BCUT2D eigenvalue weighted by molar-refractivity contribution is -0.143. The van der Waals surface area contributed by atoms with E-state index in [1.807, 2.05) is 30.3 Å². The van der Waals surface area contributed by atoms with Crippen molar-refractivity contribution in [1.82, 2.24) is 25.9 Å². The summed E-state index contributed by atoms with van der Waals surface area (Å²) >= 11 is 4.04. The van der Waals surface area contributed by atoms with Crippen LogP contribution in [0.1, 0.15) is 11.3 Å². The summed E-state index contributed by atoms with van der Waals surface area (Å²) in [5, 5.41) is 25.3. The lowest BCUT2D eigenvalue weighted by atomic mass is 10.0. The third kappa shape index (κ3) is 8.17. The van der Waals surface area contributed by atoms with Crippen LogP contribution >= 0.6 is 12.6 Å². The summed E-state index contributed by atoms with van der Waals surface area (Å²) in [7, 11) is 0. The average Bonchev–Trinajstić information content (AvgIpc) is 3.33. The number of aromatic amines is 1. The van der Waals surface area contributed by atoms with Gasteiger partial charge in [-0.25, -0.2) is 9.78 Å². The SMILES string of the molecule is NC(Cc1ccccc1)C(=O)NC(Cc1cnc[nH]1)C(=O)NC(CS)C(=O)NC(CO)C(=O)O. The topological polar surface area (TPSA) is 200 Å². The van der Waals surface area contributed by atoms with E-state index in [0.29, 0.717) is 5.69 Å². The minimum absolute atomic E-state index is 0.0327. The van der Waals surface area contributed by atoms with Gasteiger partial charge in [-0.05, 0) is 12.0 Å². The molecular weight excluding hydrogens is 464 g/mol. The van der Waals surface area contributed by atoms with E-state index in [1.165, 1.54) is 12.5 Å². The van der Waals surface area contributed by atoms with Crippen LogP contribution in [0.3, 0.4) is 0 Å². The number of aromatic nitrogens is 2. The van der Waals surface area contributed by atoms with Crippen molar-refractivity contribution in [3.8, 4) is 0 Å². The molecule has 0 saturated heterocycles. The predicted molar refractivity (Wildman–Crippen MR) is 125 cm³/mol. The first-order chi connectivity index (χ1) is 16.2. The minimum Gasteiger partial charge on any atom is -0.480 e. The molecule has 8 N–H and O–H groups in total. The van der Waals surface area contributed by atoms with Crippen LogP contribution in [0.4, 0.5) is 0 Å². The summed E-state index contributed by atoms with van der Waals surface area (Å²) in [5.74, 6) is -3.72. The molecule has 1 heterocycles. The molecule has 1 aromatic carbocycles. The number of nitrogens with two attached hydrogens (primary N) is 1. The Labute approximate surface area is 201 Å². The molecule has 2 aromatic rings. The molecule has 0 bridgehead atoms. The Kier molecular flexibility index (Phi) is 10.5. The zero-order valence-corrected chi connectivity index (χ0v) is 19.1. The van der Waals surface area contributed by atoms with Crippen molar-refractivity contribution >= 4 is 36.3 Å². The number of aliphatic hydroxyl groups is 1. The normalized spacial score (nSPS) is 14.3. The second kappa shape index (κ2) is 13.3. The first kappa shape index (κ1) is 26.8. The number of aliphatic carboxylic acids is 1. The van der Waals surface area contributed by atoms with Crippen LogP contribution in [0.25, 0.3) is 0 Å². The zero-order chi connectivity index (χ0) is 25.1. The summed E-state index contributed by atoms with van der Waals surface area (Å²) in [6, 6.07) is 4.34. The number of carboxylic acid groups (broad SMARTS) is 1. The smallest absolute Gasteiger partial charge is 0.328 e. The van der Waals surface area contributed by atoms with Gasteiger partial charge in [-0.3, -0.25) is 14.4 Å². The first-order valence-corrected chi connectivity index (χ1v) is 11.0. The van der Waals surface area contributed by atoms with E-state index in [4.69, 9.17) is 15.9 Å². The van der Waals surface area contributed by atoms with Crippen LogP contribution < -0.4 is 21.7 Å². The number of carbonyl (C=O) groups excluding carboxylic acids is 3. The Hall–Kier alpha value is -3.42. The molecule has 4 atom stereocenters. The number of aliphatic hydroxyl groups excluding tert-OH is 1. The highest BCUT2D eigenvalue weighted by atomic mass is 32.1. The van der Waals surface area contributed by atoms with Crippen LogP contribution in [-0.4, -0.2) is 80.4 Å². The predicted octanol–water partition coefficient (Wildman–Crippen LogP) is -2.02. The summed E-state index contributed by atoms with van der Waals surface area (Å²) in [6.07, 6.45) is 3.19. The molecule has 0 radical (unpaired) electrons. The zero-order valence-electron chi connectivity index (χ0n) is 18.2. The van der Waals surface area contributed by atoms with Gasteiger partial charge in [0.1, 0.15) is 18.1 Å². The maximum Gasteiger partial charge on any atom is 0.328 e. The number of nitrogens with one attached hydrogen (secondary N) is 4. The quantitative estimate of drug-likeness (QED) is 0.146. The third-order valence-corrected chi connectivity index (χ3v) is 5.22. The van der Waals surface area contributed by atoms with Gasteiger partial charge in [0.25, 0.3) is 0 Å². The van der Waals surface area contributed by atoms with E-state index < -0.39 is 54.5 Å². The van der Waals surface area contributed by atoms with Crippen LogP contribution in [0.5, 0.6) is 0 Å². The van der Waals surface area contributed by atoms with Gasteiger partial charge < -0.3 is 36.9 Å².